The van der Waals surface area contributed by atoms with Gasteiger partial charge in [-0.25, -0.2) is 9.50 Å². The largest absolute Gasteiger partial charge is 0.481 e. The Bertz CT molecular complexity index is 2210. The van der Waals surface area contributed by atoms with Crippen LogP contribution in [0.25, 0.3) is 39.0 Å². The second-order valence-corrected chi connectivity index (χ2v) is 14.6. The summed E-state index contributed by atoms with van der Waals surface area (Å²) in [6.45, 7) is 1.64. The number of fused-ring (bicyclic) bond motifs is 1. The molecule has 13 heteroatoms. The zero-order valence-corrected chi connectivity index (χ0v) is 29.2. The van der Waals surface area contributed by atoms with E-state index in [1.54, 1.807) is 23.2 Å². The first-order valence-electron chi connectivity index (χ1n) is 16.7. The molecule has 3 saturated carbocycles. The van der Waals surface area contributed by atoms with Crippen molar-refractivity contribution in [3.8, 4) is 39.4 Å². The quantitative estimate of drug-likeness (QED) is 0.152. The van der Waals surface area contributed by atoms with Crippen molar-refractivity contribution < 1.29 is 14.6 Å². The number of nitrogens with zero attached hydrogens (tertiary/aromatic N) is 4. The first-order chi connectivity index (χ1) is 24.1. The number of carbonyl (C=O) groups is 1. The first kappa shape index (κ1) is 32.9. The molecular weight excluding hydrogens is 677 g/mol. The van der Waals surface area contributed by atoms with E-state index in [-0.39, 0.29) is 23.0 Å². The summed E-state index contributed by atoms with van der Waals surface area (Å²) in [5.41, 5.74) is 5.00. The minimum Gasteiger partial charge on any atom is -0.481 e. The van der Waals surface area contributed by atoms with E-state index in [0.717, 1.165) is 59.1 Å². The van der Waals surface area contributed by atoms with Crippen LogP contribution in [0.5, 0.6) is 5.88 Å². The first-order valence-corrected chi connectivity index (χ1v) is 17.5. The van der Waals surface area contributed by atoms with Crippen LogP contribution in [0.2, 0.25) is 10.0 Å². The van der Waals surface area contributed by atoms with Crippen molar-refractivity contribution in [1.82, 2.24) is 35.1 Å². The summed E-state index contributed by atoms with van der Waals surface area (Å²) >= 11 is 14.2. The summed E-state index contributed by atoms with van der Waals surface area (Å²) in [7, 11) is 3.32. The van der Waals surface area contributed by atoms with Crippen LogP contribution >= 0.6 is 23.2 Å². The highest BCUT2D eigenvalue weighted by atomic mass is 35.5. The molecule has 0 spiro atoms. The number of hydrogen-bond acceptors (Lipinski definition) is 8. The monoisotopic (exact) mass is 713 g/mol. The lowest BCUT2D eigenvalue weighted by atomic mass is 9.46. The number of ether oxygens (including phenoxy) is 1. The van der Waals surface area contributed by atoms with Gasteiger partial charge in [-0.15, -0.1) is 0 Å². The van der Waals surface area contributed by atoms with E-state index < -0.39 is 5.60 Å². The number of halogens is 2. The molecule has 2 bridgehead atoms. The molecule has 1 amide bonds. The third-order valence-electron chi connectivity index (χ3n) is 10.4. The van der Waals surface area contributed by atoms with Crippen molar-refractivity contribution >= 4 is 34.6 Å². The van der Waals surface area contributed by atoms with Gasteiger partial charge in [0.2, 0.25) is 11.8 Å². The second kappa shape index (κ2) is 12.5. The molecule has 11 nitrogen and oxygen atoms in total. The number of aromatic nitrogens is 4. The summed E-state index contributed by atoms with van der Waals surface area (Å²) in [6, 6.07) is 17.3. The number of benzene rings is 2. The highest BCUT2D eigenvalue weighted by Gasteiger charge is 2.67. The third-order valence-corrected chi connectivity index (χ3v) is 11.2. The molecule has 2 aromatic carbocycles. The highest BCUT2D eigenvalue weighted by molar-refractivity contribution is 6.39. The molecule has 4 heterocycles. The summed E-state index contributed by atoms with van der Waals surface area (Å²) in [5, 5.41) is 25.7. The van der Waals surface area contributed by atoms with E-state index >= 15 is 0 Å². The average Bonchev–Trinajstić information content (AvgIpc) is 3.70. The van der Waals surface area contributed by atoms with Crippen molar-refractivity contribution in [1.29, 1.82) is 0 Å². The van der Waals surface area contributed by atoms with E-state index in [0.29, 0.717) is 59.0 Å². The van der Waals surface area contributed by atoms with Crippen molar-refractivity contribution in [3.63, 3.8) is 0 Å². The lowest BCUT2D eigenvalue weighted by Gasteiger charge is -2.67. The van der Waals surface area contributed by atoms with Gasteiger partial charge < -0.3 is 25.8 Å². The van der Waals surface area contributed by atoms with Crippen LogP contribution < -0.4 is 26.2 Å². The number of methoxy groups -OCH3 is 1. The van der Waals surface area contributed by atoms with Crippen LogP contribution in [-0.2, 0) is 24.9 Å². The SMILES string of the molecule is COc1nc(-c2cccc(-c3cccc(-c4cc5c(=O)n(C)c(CNC67CC(O)(C6)C7)nn5c4)c3Cl)c2Cl)ccc1CNC[C@@H]1CCC(=O)N1. The van der Waals surface area contributed by atoms with Crippen LogP contribution in [0.15, 0.2) is 65.6 Å². The molecule has 4 N–H and O–H groups in total. The summed E-state index contributed by atoms with van der Waals surface area (Å²) in [6.07, 6.45) is 5.44. The van der Waals surface area contributed by atoms with Crippen LogP contribution in [-0.4, -0.2) is 61.0 Å². The summed E-state index contributed by atoms with van der Waals surface area (Å²) < 4.78 is 8.83. The van der Waals surface area contributed by atoms with Gasteiger partial charge in [-0.3, -0.25) is 14.2 Å². The maximum atomic E-state index is 13.4. The smallest absolute Gasteiger partial charge is 0.277 e. The van der Waals surface area contributed by atoms with Gasteiger partial charge in [0, 0.05) is 77.7 Å². The van der Waals surface area contributed by atoms with E-state index in [4.69, 9.17) is 38.0 Å². The molecule has 1 saturated heterocycles. The number of rotatable bonds is 11. The molecule has 1 atom stereocenters. The average molecular weight is 715 g/mol. The van der Waals surface area contributed by atoms with Gasteiger partial charge in [-0.2, -0.15) is 5.10 Å². The Morgan fingerprint density at radius 1 is 1.00 bits per heavy atom. The van der Waals surface area contributed by atoms with E-state index in [2.05, 4.69) is 16.0 Å². The molecule has 5 aromatic rings. The third kappa shape index (κ3) is 5.76. The number of amides is 1. The maximum Gasteiger partial charge on any atom is 0.277 e. The van der Waals surface area contributed by atoms with Gasteiger partial charge in [-0.1, -0.05) is 65.7 Å². The standard InChI is InChI=1S/C37H37Cl2N7O4/c1-45-30(16-41-36-18-37(49,19-36)20-36)44-46-17-22(13-29(46)35(45)48)24-5-3-6-25(32(24)38)26-7-4-8-27(33(26)39)28-11-9-21(34(43-28)50-2)14-40-15-23-10-12-31(47)42-23/h3-9,11,13,17,23,40-41,49H,10,12,14-16,18-20H2,1-2H3,(H,42,47)/t23-,36?,37?/m0/s1. The topological polar surface area (TPSA) is 135 Å². The van der Waals surface area contributed by atoms with Crippen molar-refractivity contribution in [2.24, 2.45) is 7.05 Å². The fourth-order valence-corrected chi connectivity index (χ4v) is 8.37. The predicted octanol–water partition coefficient (Wildman–Crippen LogP) is 4.87. The molecular formula is C37H37Cl2N7O4. The molecule has 50 heavy (non-hydrogen) atoms. The Balaban J connectivity index is 1.05. The minimum absolute atomic E-state index is 0.0460. The summed E-state index contributed by atoms with van der Waals surface area (Å²) in [4.78, 5) is 29.7. The molecule has 1 aliphatic heterocycles. The Labute approximate surface area is 298 Å². The fraction of sp³-hybridized carbons (Fsp3) is 0.351. The number of carbonyl (C=O) groups excluding carboxylic acids is 1. The van der Waals surface area contributed by atoms with Gasteiger partial charge >= 0.3 is 0 Å². The van der Waals surface area contributed by atoms with E-state index in [1.165, 1.54) is 0 Å². The Hall–Kier alpha value is -4.26. The van der Waals surface area contributed by atoms with Gasteiger partial charge in [0.05, 0.1) is 35.0 Å². The number of nitrogens with one attached hydrogen (secondary N) is 3. The van der Waals surface area contributed by atoms with Crippen LogP contribution in [0.4, 0.5) is 0 Å². The molecule has 4 aliphatic rings. The van der Waals surface area contributed by atoms with Crippen molar-refractivity contribution in [2.45, 2.75) is 62.4 Å². The Morgan fingerprint density at radius 2 is 1.70 bits per heavy atom. The molecule has 3 aromatic heterocycles. The Morgan fingerprint density at radius 3 is 2.38 bits per heavy atom. The fourth-order valence-electron chi connectivity index (χ4n) is 7.71. The zero-order chi connectivity index (χ0) is 34.8. The second-order valence-electron chi connectivity index (χ2n) is 13.9. The molecule has 9 rings (SSSR count). The van der Waals surface area contributed by atoms with Crippen LogP contribution in [0, 0.1) is 0 Å². The molecule has 0 unspecified atom stereocenters. The van der Waals surface area contributed by atoms with E-state index in [1.807, 2.05) is 60.8 Å². The lowest BCUT2D eigenvalue weighted by Crippen LogP contribution is -2.77. The highest BCUT2D eigenvalue weighted by Crippen LogP contribution is 2.60. The molecule has 0 radical (unpaired) electrons. The van der Waals surface area contributed by atoms with Gasteiger partial charge in [0.1, 0.15) is 11.3 Å². The van der Waals surface area contributed by atoms with Crippen molar-refractivity contribution in [2.75, 3.05) is 13.7 Å². The van der Waals surface area contributed by atoms with Crippen LogP contribution in [0.1, 0.15) is 43.5 Å². The van der Waals surface area contributed by atoms with Crippen molar-refractivity contribution in [3.05, 3.63) is 92.6 Å². The van der Waals surface area contributed by atoms with Gasteiger partial charge in [-0.05, 0) is 37.8 Å². The van der Waals surface area contributed by atoms with Gasteiger partial charge in [0.15, 0.2) is 0 Å². The molecule has 4 fully saturated rings. The predicted molar refractivity (Wildman–Crippen MR) is 192 cm³/mol. The molecule has 258 valence electrons. The minimum atomic E-state index is -0.503. The number of aliphatic hydroxyl groups is 1. The van der Waals surface area contributed by atoms with Crippen LogP contribution in [0.3, 0.4) is 0 Å². The normalized spacial score (nSPS) is 22.3. The van der Waals surface area contributed by atoms with E-state index in [9.17, 15) is 14.7 Å². The molecule has 3 aliphatic carbocycles. The summed E-state index contributed by atoms with van der Waals surface area (Å²) in [5.74, 6) is 1.19. The lowest BCUT2D eigenvalue weighted by molar-refractivity contribution is -0.221. The Kier molecular flexibility index (Phi) is 8.23. The zero-order valence-electron chi connectivity index (χ0n) is 27.7. The van der Waals surface area contributed by atoms with Gasteiger partial charge in [0.25, 0.3) is 5.56 Å². The number of pyridine rings is 1. The number of hydrogen-bond donors (Lipinski definition) is 4. The maximum absolute atomic E-state index is 13.4.